The summed E-state index contributed by atoms with van der Waals surface area (Å²) in [6, 6.07) is 75.9. The summed E-state index contributed by atoms with van der Waals surface area (Å²) in [4.78, 5) is 11.1. The molecule has 5 nitrogen and oxygen atoms in total. The van der Waals surface area contributed by atoms with Gasteiger partial charge in [0.25, 0.3) is 0 Å². The minimum absolute atomic E-state index is 0.0243. The van der Waals surface area contributed by atoms with Crippen LogP contribution < -0.4 is 0 Å². The van der Waals surface area contributed by atoms with E-state index in [1.165, 1.54) is 44.1 Å². The van der Waals surface area contributed by atoms with Gasteiger partial charge in [-0.25, -0.2) is 4.99 Å². The highest BCUT2D eigenvalue weighted by molar-refractivity contribution is 6.15. The average molecular weight is 942 g/mol. The molecule has 0 amide bonds. The first-order valence-electron chi connectivity index (χ1n) is 25.7. The van der Waals surface area contributed by atoms with E-state index in [1.807, 2.05) is 0 Å². The molecule has 0 saturated carbocycles. The second kappa shape index (κ2) is 17.5. The fourth-order valence-corrected chi connectivity index (χ4v) is 12.1. The second-order valence-electron chi connectivity index (χ2n) is 19.9. The lowest BCUT2D eigenvalue weighted by atomic mass is 9.84. The summed E-state index contributed by atoms with van der Waals surface area (Å²) in [5.41, 5.74) is 17.4. The van der Waals surface area contributed by atoms with Gasteiger partial charge in [0, 0.05) is 54.7 Å². The highest BCUT2D eigenvalue weighted by atomic mass is 16.3. The molecule has 0 radical (unpaired) electrons. The number of nitrogens with zero attached hydrogens (tertiary/aromatic N) is 3. The van der Waals surface area contributed by atoms with Crippen molar-refractivity contribution in [3.05, 3.63) is 246 Å². The molecule has 0 N–H and O–H groups in total. The summed E-state index contributed by atoms with van der Waals surface area (Å²) in [5.74, 6) is 2.08. The molecule has 5 heteroatoms. The molecule has 0 spiro atoms. The van der Waals surface area contributed by atoms with Crippen LogP contribution in [0.15, 0.2) is 237 Å². The van der Waals surface area contributed by atoms with Gasteiger partial charge in [0.15, 0.2) is 5.84 Å². The smallest absolute Gasteiger partial charge is 0.155 e. The number of para-hydroxylation sites is 2. The topological polar surface area (TPSA) is 55.9 Å². The number of allylic oxidation sites excluding steroid dienone is 1. The number of aromatic nitrogens is 1. The SMILES string of the molecule is CCC1CC(c2ccccc2)=NC(c2ccc(-c3ccccc3)cc2)=NC1c1cccc2oc3c(-c4ccc5c6c(oc5c4)C=CC(C)C6n4c5ccccc5c5cc(-c6ccccc6)ccc54)cccc3c12. The maximum absolute atomic E-state index is 7.00. The predicted molar refractivity (Wildman–Crippen MR) is 303 cm³/mol. The van der Waals surface area contributed by atoms with Crippen molar-refractivity contribution >= 4 is 72.3 Å². The molecular weight excluding hydrogens is 891 g/mol. The molecule has 350 valence electrons. The van der Waals surface area contributed by atoms with Crippen molar-refractivity contribution in [3.8, 4) is 33.4 Å². The average Bonchev–Trinajstić information content (AvgIpc) is 4.08. The van der Waals surface area contributed by atoms with Crippen LogP contribution in [-0.2, 0) is 0 Å². The largest absolute Gasteiger partial charge is 0.456 e. The molecule has 2 aliphatic rings. The van der Waals surface area contributed by atoms with Gasteiger partial charge in [0.2, 0.25) is 0 Å². The molecule has 0 saturated heterocycles. The number of hydrogen-bond acceptors (Lipinski definition) is 4. The van der Waals surface area contributed by atoms with Gasteiger partial charge >= 0.3 is 0 Å². The molecule has 14 rings (SSSR count). The first-order chi connectivity index (χ1) is 36.1. The Kier molecular flexibility index (Phi) is 10.3. The number of furan rings is 2. The summed E-state index contributed by atoms with van der Waals surface area (Å²) in [5, 5.41) is 5.82. The number of fused-ring (bicyclic) bond motifs is 9. The van der Waals surface area contributed by atoms with Crippen LogP contribution in [0.4, 0.5) is 0 Å². The molecule has 9 aromatic carbocycles. The Labute approximate surface area is 424 Å². The third-order valence-corrected chi connectivity index (χ3v) is 15.7. The Balaban J connectivity index is 0.870. The van der Waals surface area contributed by atoms with Crippen molar-refractivity contribution in [1.82, 2.24) is 4.57 Å². The van der Waals surface area contributed by atoms with Crippen molar-refractivity contribution in [2.24, 2.45) is 21.8 Å². The maximum atomic E-state index is 7.00. The first-order valence-corrected chi connectivity index (χ1v) is 25.7. The summed E-state index contributed by atoms with van der Waals surface area (Å²) in [6.45, 7) is 4.61. The van der Waals surface area contributed by atoms with Crippen molar-refractivity contribution in [2.75, 3.05) is 0 Å². The summed E-state index contributed by atoms with van der Waals surface area (Å²) >= 11 is 0. The van der Waals surface area contributed by atoms with Crippen LogP contribution in [0.1, 0.15) is 66.8 Å². The second-order valence-corrected chi connectivity index (χ2v) is 19.9. The van der Waals surface area contributed by atoms with Crippen molar-refractivity contribution in [2.45, 2.75) is 38.8 Å². The van der Waals surface area contributed by atoms with E-state index in [0.29, 0.717) is 0 Å². The maximum Gasteiger partial charge on any atom is 0.155 e. The van der Waals surface area contributed by atoms with Crippen LogP contribution in [0.25, 0.3) is 94.2 Å². The van der Waals surface area contributed by atoms with Crippen molar-refractivity contribution in [3.63, 3.8) is 0 Å². The third kappa shape index (κ3) is 7.21. The predicted octanol–water partition coefficient (Wildman–Crippen LogP) is 18.1. The quantitative estimate of drug-likeness (QED) is 0.152. The zero-order chi connectivity index (χ0) is 48.6. The van der Waals surface area contributed by atoms with E-state index in [1.54, 1.807) is 0 Å². The minimum atomic E-state index is -0.165. The van der Waals surface area contributed by atoms with E-state index < -0.39 is 0 Å². The van der Waals surface area contributed by atoms with E-state index in [-0.39, 0.29) is 23.9 Å². The standard InChI is InChI=1S/C68H51N3O2/c1-3-43-40-57(47-21-11-6-12-22-47)69-68(48-32-30-46(31-33-48)44-17-7-4-8-18-44)70-65(43)54-25-16-28-60-63(54)55-26-15-24-51(67(55)73-60)50-34-36-53-62(41-50)72-61-38-29-42(2)66(64(53)61)71-58-27-14-13-23-52(58)56-39-49(35-37-59(56)71)45-19-9-5-10-20-45/h4-39,41-43,65-66H,3,40H2,1-2H3. The van der Waals surface area contributed by atoms with E-state index in [4.69, 9.17) is 18.8 Å². The molecule has 4 unspecified atom stereocenters. The van der Waals surface area contributed by atoms with Crippen LogP contribution in [0.5, 0.6) is 0 Å². The molecule has 1 aliphatic heterocycles. The Morgan fingerprint density at radius 2 is 1.16 bits per heavy atom. The van der Waals surface area contributed by atoms with Crippen LogP contribution in [0, 0.1) is 11.8 Å². The highest BCUT2D eigenvalue weighted by Crippen LogP contribution is 2.48. The van der Waals surface area contributed by atoms with Gasteiger partial charge in [-0.1, -0.05) is 208 Å². The Bertz CT molecular complexity index is 4170. The molecule has 0 bridgehead atoms. The van der Waals surface area contributed by atoms with E-state index in [2.05, 4.69) is 243 Å². The minimum Gasteiger partial charge on any atom is -0.456 e. The van der Waals surface area contributed by atoms with Gasteiger partial charge in [0.1, 0.15) is 22.5 Å². The number of hydrogen-bond donors (Lipinski definition) is 0. The normalized spacial score (nSPS) is 17.8. The van der Waals surface area contributed by atoms with Gasteiger partial charge in [-0.3, -0.25) is 4.99 Å². The number of amidine groups is 1. The Morgan fingerprint density at radius 3 is 1.95 bits per heavy atom. The van der Waals surface area contributed by atoms with E-state index in [9.17, 15) is 0 Å². The lowest BCUT2D eigenvalue weighted by Gasteiger charge is -2.28. The van der Waals surface area contributed by atoms with Crippen LogP contribution >= 0.6 is 0 Å². The number of aliphatic imine (C=N–C) groups is 2. The molecule has 3 aromatic heterocycles. The number of benzene rings is 9. The van der Waals surface area contributed by atoms with E-state index in [0.717, 1.165) is 96.4 Å². The van der Waals surface area contributed by atoms with Crippen LogP contribution in [-0.4, -0.2) is 16.1 Å². The van der Waals surface area contributed by atoms with Gasteiger partial charge in [-0.15, -0.1) is 0 Å². The fourth-order valence-electron chi connectivity index (χ4n) is 12.1. The Morgan fingerprint density at radius 1 is 0.521 bits per heavy atom. The zero-order valence-electron chi connectivity index (χ0n) is 40.7. The molecule has 73 heavy (non-hydrogen) atoms. The summed E-state index contributed by atoms with van der Waals surface area (Å²) in [7, 11) is 0. The van der Waals surface area contributed by atoms with Crippen LogP contribution in [0.3, 0.4) is 0 Å². The zero-order valence-corrected chi connectivity index (χ0v) is 40.7. The molecule has 4 heterocycles. The lowest BCUT2D eigenvalue weighted by molar-refractivity contribution is 0.439. The molecular formula is C68H51N3O2. The summed E-state index contributed by atoms with van der Waals surface area (Å²) in [6.07, 6.45) is 6.22. The van der Waals surface area contributed by atoms with E-state index >= 15 is 0 Å². The molecule has 4 atom stereocenters. The number of rotatable bonds is 8. The molecule has 12 aromatic rings. The Hall–Kier alpha value is -8.80. The molecule has 0 fully saturated rings. The third-order valence-electron chi connectivity index (χ3n) is 15.7. The van der Waals surface area contributed by atoms with Crippen LogP contribution in [0.2, 0.25) is 0 Å². The van der Waals surface area contributed by atoms with Crippen molar-refractivity contribution < 1.29 is 8.83 Å². The van der Waals surface area contributed by atoms with Gasteiger partial charge in [-0.05, 0) is 93.6 Å². The molecule has 1 aliphatic carbocycles. The van der Waals surface area contributed by atoms with Gasteiger partial charge < -0.3 is 13.4 Å². The highest BCUT2D eigenvalue weighted by Gasteiger charge is 2.34. The summed E-state index contributed by atoms with van der Waals surface area (Å²) < 4.78 is 16.4. The first kappa shape index (κ1) is 43.0. The van der Waals surface area contributed by atoms with Gasteiger partial charge in [0.05, 0.1) is 17.8 Å². The lowest BCUT2D eigenvalue weighted by Crippen LogP contribution is -2.20. The van der Waals surface area contributed by atoms with Crippen molar-refractivity contribution in [1.29, 1.82) is 0 Å². The van der Waals surface area contributed by atoms with Gasteiger partial charge in [-0.2, -0.15) is 0 Å². The fraction of sp³-hybridized carbons (Fsp3) is 0.118. The monoisotopic (exact) mass is 941 g/mol.